The van der Waals surface area contributed by atoms with Crippen molar-refractivity contribution < 1.29 is 4.74 Å². The molecule has 0 bridgehead atoms. The molecule has 2 heterocycles. The number of nitrogens with zero attached hydrogens (tertiary/aromatic N) is 6. The Morgan fingerprint density at radius 1 is 1.03 bits per heavy atom. The molecule has 5 rings (SSSR count). The second kappa shape index (κ2) is 9.53. The van der Waals surface area contributed by atoms with Gasteiger partial charge in [-0.25, -0.2) is 4.98 Å². The second-order valence-corrected chi connectivity index (χ2v) is 8.94. The number of hydrogen-bond donors (Lipinski definition) is 0. The number of hydrogen-bond acceptors (Lipinski definition) is 7. The minimum atomic E-state index is 0.690. The van der Waals surface area contributed by atoms with Gasteiger partial charge in [-0.1, -0.05) is 35.6 Å². The summed E-state index contributed by atoms with van der Waals surface area (Å²) in [5, 5.41) is 12.5. The van der Waals surface area contributed by atoms with E-state index in [1.807, 2.05) is 30.3 Å². The first kappa shape index (κ1) is 20.1. The number of ether oxygens (including phenoxy) is 1. The minimum Gasteiger partial charge on any atom is -0.431 e. The van der Waals surface area contributed by atoms with Gasteiger partial charge in [-0.05, 0) is 73.7 Å². The van der Waals surface area contributed by atoms with E-state index in [2.05, 4.69) is 43.5 Å². The molecule has 0 aliphatic heterocycles. The van der Waals surface area contributed by atoms with Crippen LogP contribution in [0.5, 0.6) is 10.9 Å². The van der Waals surface area contributed by atoms with Crippen molar-refractivity contribution in [1.29, 1.82) is 0 Å². The zero-order valence-electron chi connectivity index (χ0n) is 17.4. The minimum absolute atomic E-state index is 0.690. The lowest BCUT2D eigenvalue weighted by molar-refractivity contribution is 0.248. The first-order valence-electron chi connectivity index (χ1n) is 10.9. The van der Waals surface area contributed by atoms with Crippen LogP contribution in [0.1, 0.15) is 31.2 Å². The third kappa shape index (κ3) is 5.45. The zero-order valence-corrected chi connectivity index (χ0v) is 18.2. The summed E-state index contributed by atoms with van der Waals surface area (Å²) < 4.78 is 7.10. The molecule has 1 aliphatic carbocycles. The summed E-state index contributed by atoms with van der Waals surface area (Å²) in [6.07, 6.45) is 7.46. The Morgan fingerprint density at radius 2 is 1.87 bits per heavy atom. The highest BCUT2D eigenvalue weighted by molar-refractivity contribution is 7.20. The summed E-state index contributed by atoms with van der Waals surface area (Å²) >= 11 is 1.58. The molecule has 0 spiro atoms. The van der Waals surface area contributed by atoms with E-state index in [4.69, 9.17) is 4.74 Å². The van der Waals surface area contributed by atoms with E-state index in [1.165, 1.54) is 24.7 Å². The van der Waals surface area contributed by atoms with Gasteiger partial charge in [-0.15, -0.1) is 10.2 Å². The summed E-state index contributed by atoms with van der Waals surface area (Å²) in [5.41, 5.74) is 2.33. The van der Waals surface area contributed by atoms with Crippen molar-refractivity contribution in [2.24, 2.45) is 0 Å². The Hall–Kier alpha value is -2.84. The van der Waals surface area contributed by atoms with Gasteiger partial charge in [-0.2, -0.15) is 4.80 Å². The number of aryl methyl sites for hydroxylation is 2. The molecule has 7 nitrogen and oxygen atoms in total. The monoisotopic (exact) mass is 434 g/mol. The Morgan fingerprint density at radius 3 is 2.65 bits per heavy atom. The molecule has 0 N–H and O–H groups in total. The number of aromatic nitrogens is 5. The number of rotatable bonds is 11. The predicted molar refractivity (Wildman–Crippen MR) is 121 cm³/mol. The molecule has 1 saturated carbocycles. The van der Waals surface area contributed by atoms with Crippen molar-refractivity contribution in [2.45, 2.75) is 44.7 Å². The molecule has 1 aliphatic rings. The maximum Gasteiger partial charge on any atom is 0.279 e. The van der Waals surface area contributed by atoms with Crippen LogP contribution in [-0.4, -0.2) is 49.2 Å². The molecule has 0 amide bonds. The molecule has 1 fully saturated rings. The first-order valence-corrected chi connectivity index (χ1v) is 11.7. The van der Waals surface area contributed by atoms with Gasteiger partial charge in [0.05, 0.1) is 16.8 Å². The van der Waals surface area contributed by atoms with Crippen LogP contribution in [0.2, 0.25) is 0 Å². The maximum atomic E-state index is 5.96. The number of para-hydroxylation sites is 1. The molecular formula is C23H26N6OS. The van der Waals surface area contributed by atoms with Gasteiger partial charge in [0.1, 0.15) is 5.75 Å². The average Bonchev–Trinajstić information content (AvgIpc) is 3.34. The van der Waals surface area contributed by atoms with Crippen LogP contribution in [0.3, 0.4) is 0 Å². The van der Waals surface area contributed by atoms with E-state index in [1.54, 1.807) is 16.1 Å². The van der Waals surface area contributed by atoms with Gasteiger partial charge in [0.25, 0.3) is 5.19 Å². The predicted octanol–water partition coefficient (Wildman–Crippen LogP) is 4.56. The van der Waals surface area contributed by atoms with Gasteiger partial charge in [0.2, 0.25) is 0 Å². The standard InChI is InChI=1S/C23H26N6OS/c1-2-7-22-21(6-1)26-23(31-22)30-20-12-8-18(9-13-20)5-3-14-28(19-10-11-19)15-4-16-29-25-17-24-27-29/h1-2,6-9,12-13,17,19H,3-5,10-11,14-16H2. The van der Waals surface area contributed by atoms with Gasteiger partial charge >= 0.3 is 0 Å². The molecule has 4 aromatic rings. The lowest BCUT2D eigenvalue weighted by atomic mass is 10.1. The van der Waals surface area contributed by atoms with E-state index in [0.717, 1.165) is 60.9 Å². The number of benzene rings is 2. The fourth-order valence-electron chi connectivity index (χ4n) is 3.83. The van der Waals surface area contributed by atoms with Crippen molar-refractivity contribution in [3.8, 4) is 10.9 Å². The number of tetrazole rings is 1. The average molecular weight is 435 g/mol. The third-order valence-corrected chi connectivity index (χ3v) is 6.49. The van der Waals surface area contributed by atoms with E-state index in [0.29, 0.717) is 5.19 Å². The molecule has 0 radical (unpaired) electrons. The Labute approximate surface area is 185 Å². The summed E-state index contributed by atoms with van der Waals surface area (Å²) in [4.78, 5) is 8.84. The van der Waals surface area contributed by atoms with Crippen molar-refractivity contribution in [3.05, 3.63) is 60.4 Å². The number of fused-ring (bicyclic) bond motifs is 1. The first-order chi connectivity index (χ1) is 15.3. The quantitative estimate of drug-likeness (QED) is 0.345. The molecule has 0 saturated heterocycles. The van der Waals surface area contributed by atoms with Crippen LogP contribution in [0.4, 0.5) is 0 Å². The smallest absolute Gasteiger partial charge is 0.279 e. The SMILES string of the molecule is c1ccc2sc(Oc3ccc(CCCN(CCCn4ncnn4)C4CC4)cc3)nc2c1. The largest absolute Gasteiger partial charge is 0.431 e. The van der Waals surface area contributed by atoms with Crippen LogP contribution >= 0.6 is 11.3 Å². The van der Waals surface area contributed by atoms with Crippen molar-refractivity contribution >= 4 is 21.6 Å². The normalized spacial score (nSPS) is 13.8. The van der Waals surface area contributed by atoms with Crippen molar-refractivity contribution in [2.75, 3.05) is 13.1 Å². The van der Waals surface area contributed by atoms with E-state index in [-0.39, 0.29) is 0 Å². The fourth-order valence-corrected chi connectivity index (χ4v) is 4.66. The van der Waals surface area contributed by atoms with Gasteiger partial charge < -0.3 is 9.64 Å². The highest BCUT2D eigenvalue weighted by Crippen LogP contribution is 2.31. The summed E-state index contributed by atoms with van der Waals surface area (Å²) in [5.74, 6) is 0.837. The summed E-state index contributed by atoms with van der Waals surface area (Å²) in [6, 6.07) is 17.3. The molecule has 8 heteroatoms. The van der Waals surface area contributed by atoms with Crippen molar-refractivity contribution in [1.82, 2.24) is 30.1 Å². The molecule has 0 unspecified atom stereocenters. The molecular weight excluding hydrogens is 408 g/mol. The molecule has 31 heavy (non-hydrogen) atoms. The summed E-state index contributed by atoms with van der Waals surface area (Å²) in [6.45, 7) is 3.07. The van der Waals surface area contributed by atoms with Gasteiger partial charge in [0, 0.05) is 12.6 Å². The molecule has 160 valence electrons. The lowest BCUT2D eigenvalue weighted by Crippen LogP contribution is -2.29. The highest BCUT2D eigenvalue weighted by Gasteiger charge is 2.28. The topological polar surface area (TPSA) is 69.0 Å². The van der Waals surface area contributed by atoms with Crippen LogP contribution in [0, 0.1) is 0 Å². The molecule has 0 atom stereocenters. The van der Waals surface area contributed by atoms with Gasteiger partial charge in [0.15, 0.2) is 6.33 Å². The Balaban J connectivity index is 1.08. The van der Waals surface area contributed by atoms with Crippen LogP contribution < -0.4 is 4.74 Å². The lowest BCUT2D eigenvalue weighted by Gasteiger charge is -2.21. The van der Waals surface area contributed by atoms with Crippen LogP contribution in [-0.2, 0) is 13.0 Å². The van der Waals surface area contributed by atoms with E-state index < -0.39 is 0 Å². The van der Waals surface area contributed by atoms with Crippen LogP contribution in [0.25, 0.3) is 10.2 Å². The summed E-state index contributed by atoms with van der Waals surface area (Å²) in [7, 11) is 0. The molecule has 2 aromatic carbocycles. The maximum absolute atomic E-state index is 5.96. The Bertz CT molecular complexity index is 1060. The van der Waals surface area contributed by atoms with E-state index in [9.17, 15) is 0 Å². The van der Waals surface area contributed by atoms with Crippen LogP contribution in [0.15, 0.2) is 54.9 Å². The highest BCUT2D eigenvalue weighted by atomic mass is 32.1. The number of thiazole rings is 1. The van der Waals surface area contributed by atoms with E-state index >= 15 is 0 Å². The Kier molecular flexibility index (Phi) is 6.18. The molecule has 2 aromatic heterocycles. The van der Waals surface area contributed by atoms with Gasteiger partial charge in [-0.3, -0.25) is 0 Å². The third-order valence-electron chi connectivity index (χ3n) is 5.57. The zero-order chi connectivity index (χ0) is 20.9. The second-order valence-electron chi connectivity index (χ2n) is 7.95. The van der Waals surface area contributed by atoms with Crippen molar-refractivity contribution in [3.63, 3.8) is 0 Å². The fraction of sp³-hybridized carbons (Fsp3) is 0.391.